The summed E-state index contributed by atoms with van der Waals surface area (Å²) in [4.78, 5) is 96.2. The third kappa shape index (κ3) is 15.3. The summed E-state index contributed by atoms with van der Waals surface area (Å²) in [6.07, 6.45) is -14.9. The summed E-state index contributed by atoms with van der Waals surface area (Å²) in [6, 6.07) is -2.04. The molecule has 4 rings (SSSR count). The molecule has 0 saturated carbocycles. The van der Waals surface area contributed by atoms with Gasteiger partial charge < -0.3 is 58.5 Å². The predicted octanol–water partition coefficient (Wildman–Crippen LogP) is -18.3. The van der Waals surface area contributed by atoms with Crippen molar-refractivity contribution in [1.82, 2.24) is 20.4 Å². The number of ether oxygens (including phenoxy) is 2. The number of aliphatic hydroxyl groups excluding tert-OH is 4. The number of urea groups is 2. The molecule has 0 radical (unpaired) electrons. The number of carbonyl (C=O) groups is 4. The first-order valence-corrected chi connectivity index (χ1v) is 19.3. The fourth-order valence-corrected chi connectivity index (χ4v) is 9.41. The second kappa shape index (κ2) is 22.2. The van der Waals surface area contributed by atoms with Crippen LogP contribution in [0.5, 0.6) is 0 Å². The maximum Gasteiger partial charge on any atom is 1.00 e. The Morgan fingerprint density at radius 3 is 1.19 bits per heavy atom. The van der Waals surface area contributed by atoms with Crippen LogP contribution in [-0.2, 0) is 59.3 Å². The van der Waals surface area contributed by atoms with Gasteiger partial charge in [0.1, 0.15) is 36.6 Å². The number of imide groups is 2. The van der Waals surface area contributed by atoms with E-state index in [1.54, 1.807) is 0 Å². The molecule has 6 N–H and O–H groups in total. The fraction of sp³-hybridized carbons (Fsp3) is 0.778. The quantitative estimate of drug-likeness (QED) is 0.0697. The number of carbonyl (C=O) groups excluding carboxylic acids is 4. The Morgan fingerprint density at radius 1 is 0.585 bits per heavy atom. The van der Waals surface area contributed by atoms with Crippen LogP contribution < -0.4 is 148 Å². The molecule has 0 aliphatic carbocycles. The van der Waals surface area contributed by atoms with Crippen molar-refractivity contribution >= 4 is 55.2 Å². The van der Waals surface area contributed by atoms with Crippen LogP contribution in [0.2, 0.25) is 0 Å². The zero-order chi connectivity index (χ0) is 36.7. The van der Waals surface area contributed by atoms with Crippen molar-refractivity contribution in [1.29, 1.82) is 0 Å². The molecule has 0 aromatic heterocycles. The number of phosphoric acid groups is 4. The van der Waals surface area contributed by atoms with Gasteiger partial charge in [-0.2, -0.15) is 0 Å². The van der Waals surface area contributed by atoms with Gasteiger partial charge in [0.15, 0.2) is 12.5 Å². The Kier molecular flexibility index (Phi) is 23.1. The van der Waals surface area contributed by atoms with Crippen LogP contribution in [-0.4, -0.2) is 129 Å². The molecule has 53 heavy (non-hydrogen) atoms. The summed E-state index contributed by atoms with van der Waals surface area (Å²) in [5, 5.41) is 44.5. The molecule has 4 aliphatic heterocycles. The van der Waals surface area contributed by atoms with Crippen molar-refractivity contribution in [3.63, 3.8) is 0 Å². The predicted molar refractivity (Wildman–Crippen MR) is 137 cm³/mol. The Bertz CT molecular complexity index is 1430. The normalized spacial score (nSPS) is 33.3. The van der Waals surface area contributed by atoms with Crippen LogP contribution in [0, 0.1) is 0 Å². The van der Waals surface area contributed by atoms with E-state index in [-0.39, 0.29) is 144 Å². The molecule has 12 unspecified atom stereocenters. The smallest absolute Gasteiger partial charge is 0.756 e. The first-order valence-electron chi connectivity index (χ1n) is 13.4. The summed E-state index contributed by atoms with van der Waals surface area (Å²) in [5.41, 5.74) is 0. The van der Waals surface area contributed by atoms with E-state index in [0.29, 0.717) is 0 Å². The number of phosphoric ester groups is 2. The average molecular weight is 882 g/mol. The van der Waals surface area contributed by atoms with E-state index in [1.807, 2.05) is 10.6 Å². The maximum atomic E-state index is 12.1. The van der Waals surface area contributed by atoms with E-state index in [2.05, 4.69) is 22.0 Å². The summed E-state index contributed by atoms with van der Waals surface area (Å²) >= 11 is 0. The number of nitrogens with zero attached hydrogens (tertiary/aromatic N) is 2. The van der Waals surface area contributed by atoms with Crippen molar-refractivity contribution in [2.24, 2.45) is 0 Å². The Balaban J connectivity index is 0.00000676. The van der Waals surface area contributed by atoms with Crippen molar-refractivity contribution in [2.45, 2.75) is 61.9 Å². The minimum Gasteiger partial charge on any atom is -0.756 e. The number of nitrogens with one attached hydrogen (secondary N) is 2. The first-order chi connectivity index (χ1) is 22.5. The van der Waals surface area contributed by atoms with Gasteiger partial charge in [-0.3, -0.25) is 48.3 Å². The van der Waals surface area contributed by atoms with Gasteiger partial charge in [0.2, 0.25) is 11.8 Å². The zero-order valence-corrected chi connectivity index (χ0v) is 39.7. The van der Waals surface area contributed by atoms with Crippen LogP contribution in [0.4, 0.5) is 9.59 Å². The van der Waals surface area contributed by atoms with Crippen LogP contribution in [0.15, 0.2) is 0 Å². The fourth-order valence-electron chi connectivity index (χ4n) is 4.66. The van der Waals surface area contributed by atoms with Crippen molar-refractivity contribution in [2.75, 3.05) is 26.3 Å². The molecule has 0 aromatic rings. The number of aliphatic hydroxyl groups is 4. The Labute approximate surface area is 386 Å². The Morgan fingerprint density at radius 2 is 0.887 bits per heavy atom. The van der Waals surface area contributed by atoms with Gasteiger partial charge in [-0.15, -0.1) is 0 Å². The van der Waals surface area contributed by atoms with Gasteiger partial charge in [-0.1, -0.05) is 0 Å². The molecule has 4 fully saturated rings. The van der Waals surface area contributed by atoms with Crippen LogP contribution in [0.25, 0.3) is 0 Å². The molecule has 4 aliphatic rings. The second-order valence-corrected chi connectivity index (χ2v) is 16.4. The third-order valence-electron chi connectivity index (χ3n) is 6.86. The SMILES string of the molecule is O=C1CCN(C2OC(COP(=O)([O-])OP(=O)([O-])OP(=O)([O-])OP(=O)([O-])OCC3OC(N4CCC(=O)NC4=O)C(O)C3O)C(O)C2O)C(=O)N1.[Na+].[Na+].[Na+].[Na+]. The van der Waals surface area contributed by atoms with Gasteiger partial charge in [-0.25, -0.2) is 22.5 Å². The molecule has 0 bridgehead atoms. The summed E-state index contributed by atoms with van der Waals surface area (Å²) in [5.74, 6) is -1.30. The van der Waals surface area contributed by atoms with Crippen molar-refractivity contribution in [3.8, 4) is 0 Å². The topological polar surface area (TPSA) is 405 Å². The average Bonchev–Trinajstić information content (AvgIpc) is 3.38. The van der Waals surface area contributed by atoms with Crippen LogP contribution in [0.1, 0.15) is 12.8 Å². The molecule has 0 spiro atoms. The third-order valence-corrected chi connectivity index (χ3v) is 12.6. The molecule has 35 heteroatoms. The zero-order valence-electron chi connectivity index (χ0n) is 28.1. The van der Waals surface area contributed by atoms with E-state index in [1.165, 1.54) is 0 Å². The summed E-state index contributed by atoms with van der Waals surface area (Å²) in [6.45, 7) is -3.14. The van der Waals surface area contributed by atoms with E-state index >= 15 is 0 Å². The minimum atomic E-state index is -6.63. The first kappa shape index (κ1) is 55.2. The van der Waals surface area contributed by atoms with Gasteiger partial charge in [0, 0.05) is 25.9 Å². The monoisotopic (exact) mass is 882 g/mol. The van der Waals surface area contributed by atoms with Crippen LogP contribution in [0.3, 0.4) is 0 Å². The van der Waals surface area contributed by atoms with Crippen LogP contribution >= 0.6 is 31.3 Å². The van der Waals surface area contributed by atoms with Gasteiger partial charge in [-0.05, 0) is 0 Å². The summed E-state index contributed by atoms with van der Waals surface area (Å²) in [7, 11) is -25.6. The molecule has 6 amide bonds. The van der Waals surface area contributed by atoms with Crippen molar-refractivity contribution < 1.29 is 227 Å². The summed E-state index contributed by atoms with van der Waals surface area (Å²) < 4.78 is 77.3. The largest absolute Gasteiger partial charge is 1.00 e. The number of rotatable bonds is 14. The van der Waals surface area contributed by atoms with E-state index in [0.717, 1.165) is 9.80 Å². The Hall–Kier alpha value is 2.20. The van der Waals surface area contributed by atoms with E-state index in [9.17, 15) is 77.4 Å². The standard InChI is InChI=1S/C18H30N4O23P4.4Na/c23-9-1-3-21(17(29)19-9)15-13(27)11(25)7(41-15)5-39-46(31,32)43-48(35,36)45-49(37,38)44-47(33,34)40-6-8-12(26)14(28)16(42-8)22-4-2-10(24)20-18(22)30;;;;/h7-8,11-16,25-28H,1-6H2,(H,31,32)(H,33,34)(H,35,36)(H,37,38)(H,19,23,29)(H,20,24,30);;;;/q;4*+1/p-4. The molecular weight excluding hydrogens is 856 g/mol. The van der Waals surface area contributed by atoms with E-state index < -0.39 is 117 Å². The number of hydrogen-bond acceptors (Lipinski definition) is 23. The minimum absolute atomic E-state index is 0. The molecular formula is C18H26N4Na4O23P4. The molecule has 27 nitrogen and oxygen atoms in total. The van der Waals surface area contributed by atoms with Gasteiger partial charge in [0.05, 0.1) is 13.2 Å². The maximum absolute atomic E-state index is 12.1. The molecule has 280 valence electrons. The van der Waals surface area contributed by atoms with Crippen molar-refractivity contribution in [3.05, 3.63) is 0 Å². The van der Waals surface area contributed by atoms with Gasteiger partial charge in [0.25, 0.3) is 31.3 Å². The molecule has 12 atom stereocenters. The molecule has 4 saturated heterocycles. The van der Waals surface area contributed by atoms with Gasteiger partial charge >= 0.3 is 130 Å². The molecule has 0 aromatic carbocycles. The molecule has 4 heterocycles. The number of hydrogen-bond donors (Lipinski definition) is 6. The number of amides is 6. The second-order valence-electron chi connectivity index (χ2n) is 10.3. The van der Waals surface area contributed by atoms with E-state index in [4.69, 9.17) is 9.47 Å².